The van der Waals surface area contributed by atoms with Crippen molar-refractivity contribution in [1.29, 1.82) is 0 Å². The van der Waals surface area contributed by atoms with E-state index in [4.69, 9.17) is 0 Å². The number of unbranched alkanes of at least 4 members (excludes halogenated alkanes) is 23. The molecular formula is C37H73NO4. The summed E-state index contributed by atoms with van der Waals surface area (Å²) in [7, 11) is 0. The van der Waals surface area contributed by atoms with Crippen molar-refractivity contribution >= 4 is 5.91 Å². The molecule has 0 saturated heterocycles. The number of aliphatic hydroxyl groups excluding tert-OH is 3. The lowest BCUT2D eigenvalue weighted by atomic mass is 10.0. The minimum absolute atomic E-state index is 0.157. The summed E-state index contributed by atoms with van der Waals surface area (Å²) in [5.41, 5.74) is 0. The fraction of sp³-hybridized carbons (Fsp3) is 0.919. The molecule has 250 valence electrons. The summed E-state index contributed by atoms with van der Waals surface area (Å²) >= 11 is 0. The minimum atomic E-state index is -1.15. The second kappa shape index (κ2) is 33.0. The fourth-order valence-corrected chi connectivity index (χ4v) is 5.69. The van der Waals surface area contributed by atoms with Gasteiger partial charge in [-0.3, -0.25) is 4.79 Å². The van der Waals surface area contributed by atoms with Crippen LogP contribution in [0.3, 0.4) is 0 Å². The van der Waals surface area contributed by atoms with Gasteiger partial charge < -0.3 is 20.6 Å². The molecular weight excluding hydrogens is 522 g/mol. The van der Waals surface area contributed by atoms with Crippen LogP contribution in [0.1, 0.15) is 194 Å². The quantitative estimate of drug-likeness (QED) is 0.0449. The van der Waals surface area contributed by atoms with E-state index in [2.05, 4.69) is 31.3 Å². The van der Waals surface area contributed by atoms with Crippen LogP contribution >= 0.6 is 0 Å². The van der Waals surface area contributed by atoms with Crippen molar-refractivity contribution in [3.63, 3.8) is 0 Å². The van der Waals surface area contributed by atoms with Crippen molar-refractivity contribution in [3.8, 4) is 0 Å². The van der Waals surface area contributed by atoms with E-state index in [1.165, 1.54) is 128 Å². The third kappa shape index (κ3) is 27.9. The van der Waals surface area contributed by atoms with Gasteiger partial charge in [0, 0.05) is 6.42 Å². The SMILES string of the molecule is CCCCCCCCCCCCCCC/C=C/CCCC(O)C(O)C(CO)NC(=O)CCCCCCCCCCCC. The lowest BCUT2D eigenvalue weighted by Gasteiger charge is -2.26. The Morgan fingerprint density at radius 3 is 1.38 bits per heavy atom. The molecule has 1 amide bonds. The van der Waals surface area contributed by atoms with Crippen molar-refractivity contribution in [2.24, 2.45) is 0 Å². The van der Waals surface area contributed by atoms with E-state index in [0.717, 1.165) is 38.5 Å². The van der Waals surface area contributed by atoms with Gasteiger partial charge >= 0.3 is 0 Å². The van der Waals surface area contributed by atoms with Crippen LogP contribution < -0.4 is 5.32 Å². The van der Waals surface area contributed by atoms with Crippen LogP contribution in [-0.4, -0.2) is 46.1 Å². The van der Waals surface area contributed by atoms with Crippen molar-refractivity contribution in [1.82, 2.24) is 5.32 Å². The van der Waals surface area contributed by atoms with Gasteiger partial charge in [-0.15, -0.1) is 0 Å². The highest BCUT2D eigenvalue weighted by Crippen LogP contribution is 2.15. The number of aliphatic hydroxyl groups is 3. The Morgan fingerprint density at radius 1 is 0.571 bits per heavy atom. The fourth-order valence-electron chi connectivity index (χ4n) is 5.69. The van der Waals surface area contributed by atoms with Gasteiger partial charge in [0.25, 0.3) is 0 Å². The number of hydrogen-bond acceptors (Lipinski definition) is 4. The van der Waals surface area contributed by atoms with Gasteiger partial charge in [-0.05, 0) is 38.5 Å². The topological polar surface area (TPSA) is 89.8 Å². The van der Waals surface area contributed by atoms with Crippen LogP contribution in [0.25, 0.3) is 0 Å². The number of hydrogen-bond donors (Lipinski definition) is 4. The third-order valence-corrected chi connectivity index (χ3v) is 8.62. The number of rotatable bonds is 33. The smallest absolute Gasteiger partial charge is 0.220 e. The lowest BCUT2D eigenvalue weighted by molar-refractivity contribution is -0.124. The normalized spacial score (nSPS) is 13.9. The first kappa shape index (κ1) is 41.1. The zero-order valence-electron chi connectivity index (χ0n) is 28.1. The summed E-state index contributed by atoms with van der Waals surface area (Å²) in [6.07, 6.45) is 36.0. The van der Waals surface area contributed by atoms with Crippen LogP contribution in [-0.2, 0) is 4.79 Å². The molecule has 5 heteroatoms. The molecule has 0 rings (SSSR count). The zero-order valence-corrected chi connectivity index (χ0v) is 28.1. The summed E-state index contributed by atoms with van der Waals surface area (Å²) in [5.74, 6) is -0.157. The van der Waals surface area contributed by atoms with Gasteiger partial charge in [0.1, 0.15) is 6.10 Å². The predicted molar refractivity (Wildman–Crippen MR) is 181 cm³/mol. The molecule has 0 aliphatic rings. The molecule has 0 aliphatic heterocycles. The Morgan fingerprint density at radius 2 is 0.952 bits per heavy atom. The summed E-state index contributed by atoms with van der Waals surface area (Å²) in [6.45, 7) is 4.14. The minimum Gasteiger partial charge on any atom is -0.394 e. The highest BCUT2D eigenvalue weighted by Gasteiger charge is 2.26. The molecule has 0 aromatic heterocycles. The highest BCUT2D eigenvalue weighted by molar-refractivity contribution is 5.76. The van der Waals surface area contributed by atoms with Crippen molar-refractivity contribution in [2.75, 3.05) is 6.61 Å². The lowest BCUT2D eigenvalue weighted by Crippen LogP contribution is -2.50. The Labute approximate surface area is 261 Å². The van der Waals surface area contributed by atoms with Crippen LogP contribution in [0.15, 0.2) is 12.2 Å². The summed E-state index contributed by atoms with van der Waals surface area (Å²) < 4.78 is 0. The average Bonchev–Trinajstić information content (AvgIpc) is 2.99. The second-order valence-electron chi connectivity index (χ2n) is 12.8. The molecule has 0 radical (unpaired) electrons. The molecule has 5 nitrogen and oxygen atoms in total. The van der Waals surface area contributed by atoms with Gasteiger partial charge in [-0.25, -0.2) is 0 Å². The molecule has 42 heavy (non-hydrogen) atoms. The van der Waals surface area contributed by atoms with Crippen LogP contribution in [0.4, 0.5) is 0 Å². The highest BCUT2D eigenvalue weighted by atomic mass is 16.3. The Hall–Kier alpha value is -0.910. The number of carbonyl (C=O) groups is 1. The molecule has 0 aromatic rings. The van der Waals surface area contributed by atoms with Gasteiger partial charge in [-0.1, -0.05) is 161 Å². The first-order valence-corrected chi connectivity index (χ1v) is 18.5. The van der Waals surface area contributed by atoms with Crippen LogP contribution in [0.2, 0.25) is 0 Å². The van der Waals surface area contributed by atoms with E-state index < -0.39 is 18.2 Å². The van der Waals surface area contributed by atoms with Gasteiger partial charge in [0.2, 0.25) is 5.91 Å². The Kier molecular flexibility index (Phi) is 32.3. The number of nitrogens with one attached hydrogen (secondary N) is 1. The first-order valence-electron chi connectivity index (χ1n) is 18.5. The molecule has 0 saturated carbocycles. The van der Waals surface area contributed by atoms with Crippen LogP contribution in [0.5, 0.6) is 0 Å². The van der Waals surface area contributed by atoms with E-state index >= 15 is 0 Å². The largest absolute Gasteiger partial charge is 0.394 e. The van der Waals surface area contributed by atoms with Crippen molar-refractivity contribution < 1.29 is 20.1 Å². The molecule has 3 atom stereocenters. The van der Waals surface area contributed by atoms with E-state index in [9.17, 15) is 20.1 Å². The molecule has 3 unspecified atom stereocenters. The first-order chi connectivity index (χ1) is 20.6. The van der Waals surface area contributed by atoms with E-state index in [1.807, 2.05) is 0 Å². The molecule has 0 aliphatic carbocycles. The van der Waals surface area contributed by atoms with Crippen LogP contribution in [0, 0.1) is 0 Å². The molecule has 0 bridgehead atoms. The number of amides is 1. The van der Waals surface area contributed by atoms with Gasteiger partial charge in [0.05, 0.1) is 18.8 Å². The van der Waals surface area contributed by atoms with E-state index in [0.29, 0.717) is 12.8 Å². The molecule has 4 N–H and O–H groups in total. The predicted octanol–water partition coefficient (Wildman–Crippen LogP) is 9.70. The zero-order chi connectivity index (χ0) is 30.9. The van der Waals surface area contributed by atoms with Crippen molar-refractivity contribution in [2.45, 2.75) is 212 Å². The maximum atomic E-state index is 12.3. The average molecular weight is 596 g/mol. The monoisotopic (exact) mass is 596 g/mol. The summed E-state index contributed by atoms with van der Waals surface area (Å²) in [6, 6.07) is -0.818. The molecule has 0 spiro atoms. The summed E-state index contributed by atoms with van der Waals surface area (Å²) in [4.78, 5) is 12.3. The Bertz CT molecular complexity index is 582. The maximum absolute atomic E-state index is 12.3. The van der Waals surface area contributed by atoms with E-state index in [1.54, 1.807) is 0 Å². The Balaban J connectivity index is 3.70. The molecule has 0 aromatic carbocycles. The molecule has 0 heterocycles. The molecule has 0 fully saturated rings. The standard InChI is InChI=1S/C37H73NO4/c1-3-5-7-9-11-13-15-16-17-18-19-20-21-22-23-25-27-29-31-35(40)37(42)34(33-39)38-36(41)32-30-28-26-24-14-12-10-8-6-4-2/h23,25,34-35,37,39-40,42H,3-22,24,26-33H2,1-2H3,(H,38,41)/b25-23+. The van der Waals surface area contributed by atoms with E-state index in [-0.39, 0.29) is 12.5 Å². The maximum Gasteiger partial charge on any atom is 0.220 e. The third-order valence-electron chi connectivity index (χ3n) is 8.62. The number of allylic oxidation sites excluding steroid dienone is 2. The van der Waals surface area contributed by atoms with Gasteiger partial charge in [0.15, 0.2) is 0 Å². The van der Waals surface area contributed by atoms with Crippen molar-refractivity contribution in [3.05, 3.63) is 12.2 Å². The second-order valence-corrected chi connectivity index (χ2v) is 12.8. The summed E-state index contributed by atoms with van der Waals surface area (Å²) in [5, 5.41) is 33.3. The van der Waals surface area contributed by atoms with Gasteiger partial charge in [-0.2, -0.15) is 0 Å². The number of carbonyl (C=O) groups excluding carboxylic acids is 1.